The Morgan fingerprint density at radius 3 is 2.82 bits per heavy atom. The maximum atomic E-state index is 10.8. The van der Waals surface area contributed by atoms with Crippen LogP contribution in [-0.4, -0.2) is 24.3 Å². The SMILES string of the molecule is COC(=O)C[C@H]1CCC(O)C1. The fourth-order valence-electron chi connectivity index (χ4n) is 1.55. The second kappa shape index (κ2) is 3.72. The Morgan fingerprint density at radius 2 is 2.36 bits per heavy atom. The fourth-order valence-corrected chi connectivity index (χ4v) is 1.55. The van der Waals surface area contributed by atoms with Gasteiger partial charge in [-0.1, -0.05) is 0 Å². The highest BCUT2D eigenvalue weighted by Gasteiger charge is 2.24. The van der Waals surface area contributed by atoms with E-state index in [1.54, 1.807) is 0 Å². The van der Waals surface area contributed by atoms with Crippen molar-refractivity contribution in [2.75, 3.05) is 7.11 Å². The van der Waals surface area contributed by atoms with Crippen LogP contribution in [-0.2, 0) is 9.53 Å². The van der Waals surface area contributed by atoms with E-state index in [9.17, 15) is 4.79 Å². The van der Waals surface area contributed by atoms with Gasteiger partial charge in [0.05, 0.1) is 13.2 Å². The summed E-state index contributed by atoms with van der Waals surface area (Å²) in [6.07, 6.45) is 2.82. The Bertz CT molecular complexity index is 144. The van der Waals surface area contributed by atoms with E-state index in [2.05, 4.69) is 4.74 Å². The Hall–Kier alpha value is -0.570. The number of ether oxygens (including phenoxy) is 1. The van der Waals surface area contributed by atoms with E-state index in [0.717, 1.165) is 19.3 Å². The summed E-state index contributed by atoms with van der Waals surface area (Å²) < 4.78 is 4.53. The molecule has 0 amide bonds. The molecule has 1 N–H and O–H groups in total. The summed E-state index contributed by atoms with van der Waals surface area (Å²) in [7, 11) is 1.40. The summed E-state index contributed by atoms with van der Waals surface area (Å²) in [5.41, 5.74) is 0. The molecule has 0 aromatic carbocycles. The predicted molar refractivity (Wildman–Crippen MR) is 40.0 cm³/mol. The van der Waals surface area contributed by atoms with Gasteiger partial charge in [-0.25, -0.2) is 0 Å². The number of hydrogen-bond acceptors (Lipinski definition) is 3. The van der Waals surface area contributed by atoms with Gasteiger partial charge in [-0.3, -0.25) is 4.79 Å². The lowest BCUT2D eigenvalue weighted by Crippen LogP contribution is -2.08. The third-order valence-electron chi connectivity index (χ3n) is 2.20. The second-order valence-electron chi connectivity index (χ2n) is 3.11. The van der Waals surface area contributed by atoms with Gasteiger partial charge in [0, 0.05) is 6.42 Å². The van der Waals surface area contributed by atoms with Crippen LogP contribution in [0.15, 0.2) is 0 Å². The van der Waals surface area contributed by atoms with Gasteiger partial charge in [0.1, 0.15) is 0 Å². The number of esters is 1. The van der Waals surface area contributed by atoms with E-state index in [0.29, 0.717) is 12.3 Å². The van der Waals surface area contributed by atoms with E-state index in [4.69, 9.17) is 5.11 Å². The molecule has 11 heavy (non-hydrogen) atoms. The summed E-state index contributed by atoms with van der Waals surface area (Å²) in [6, 6.07) is 0. The van der Waals surface area contributed by atoms with Crippen molar-refractivity contribution in [1.82, 2.24) is 0 Å². The summed E-state index contributed by atoms with van der Waals surface area (Å²) in [5.74, 6) is 0.182. The first kappa shape index (κ1) is 8.53. The standard InChI is InChI=1S/C8H14O3/c1-11-8(10)5-6-2-3-7(9)4-6/h6-7,9H,2-5H2,1H3/t6-,7?/m0/s1. The Kier molecular flexibility index (Phi) is 2.88. The van der Waals surface area contributed by atoms with Gasteiger partial charge in [-0.15, -0.1) is 0 Å². The molecule has 0 spiro atoms. The molecule has 0 aromatic heterocycles. The van der Waals surface area contributed by atoms with Crippen molar-refractivity contribution in [1.29, 1.82) is 0 Å². The van der Waals surface area contributed by atoms with E-state index in [1.165, 1.54) is 7.11 Å². The molecule has 0 aliphatic heterocycles. The minimum atomic E-state index is -0.190. The highest BCUT2D eigenvalue weighted by atomic mass is 16.5. The Morgan fingerprint density at radius 1 is 1.64 bits per heavy atom. The predicted octanol–water partition coefficient (Wildman–Crippen LogP) is 0.710. The number of carbonyl (C=O) groups is 1. The van der Waals surface area contributed by atoms with Crippen LogP contribution in [0.1, 0.15) is 25.7 Å². The van der Waals surface area contributed by atoms with Crippen LogP contribution < -0.4 is 0 Å². The highest BCUT2D eigenvalue weighted by Crippen LogP contribution is 2.28. The van der Waals surface area contributed by atoms with Crippen molar-refractivity contribution in [3.63, 3.8) is 0 Å². The van der Waals surface area contributed by atoms with E-state index in [-0.39, 0.29) is 12.1 Å². The van der Waals surface area contributed by atoms with E-state index in [1.807, 2.05) is 0 Å². The summed E-state index contributed by atoms with van der Waals surface area (Å²) in [6.45, 7) is 0. The zero-order chi connectivity index (χ0) is 8.27. The molecule has 1 rings (SSSR count). The second-order valence-corrected chi connectivity index (χ2v) is 3.11. The Balaban J connectivity index is 2.23. The van der Waals surface area contributed by atoms with Crippen molar-refractivity contribution >= 4 is 5.97 Å². The van der Waals surface area contributed by atoms with Gasteiger partial charge in [0.25, 0.3) is 0 Å². The topological polar surface area (TPSA) is 46.5 Å². The molecule has 1 aliphatic rings. The maximum absolute atomic E-state index is 10.8. The molecule has 0 aromatic rings. The minimum absolute atomic E-state index is 0.163. The van der Waals surface area contributed by atoms with Gasteiger partial charge in [-0.05, 0) is 25.2 Å². The number of hydrogen-bond donors (Lipinski definition) is 1. The van der Waals surface area contributed by atoms with Crippen molar-refractivity contribution in [2.24, 2.45) is 5.92 Å². The normalized spacial score (nSPS) is 30.4. The molecule has 0 heterocycles. The van der Waals surface area contributed by atoms with E-state index < -0.39 is 0 Å². The zero-order valence-electron chi connectivity index (χ0n) is 6.75. The molecular weight excluding hydrogens is 144 g/mol. The monoisotopic (exact) mass is 158 g/mol. The van der Waals surface area contributed by atoms with Crippen LogP contribution in [0.2, 0.25) is 0 Å². The summed E-state index contributed by atoms with van der Waals surface area (Å²) in [5, 5.41) is 9.13. The third kappa shape index (κ3) is 2.50. The number of aliphatic hydroxyl groups is 1. The van der Waals surface area contributed by atoms with Crippen LogP contribution in [0.25, 0.3) is 0 Å². The van der Waals surface area contributed by atoms with Crippen LogP contribution in [0, 0.1) is 5.92 Å². The average molecular weight is 158 g/mol. The maximum Gasteiger partial charge on any atom is 0.305 e. The lowest BCUT2D eigenvalue weighted by Gasteiger charge is -2.05. The highest BCUT2D eigenvalue weighted by molar-refractivity contribution is 5.69. The summed E-state index contributed by atoms with van der Waals surface area (Å²) in [4.78, 5) is 10.8. The van der Waals surface area contributed by atoms with Crippen molar-refractivity contribution < 1.29 is 14.6 Å². The first-order chi connectivity index (χ1) is 5.22. The smallest absolute Gasteiger partial charge is 0.305 e. The van der Waals surface area contributed by atoms with Gasteiger partial charge in [-0.2, -0.15) is 0 Å². The molecule has 1 saturated carbocycles. The van der Waals surface area contributed by atoms with E-state index >= 15 is 0 Å². The third-order valence-corrected chi connectivity index (χ3v) is 2.20. The average Bonchev–Trinajstić information content (AvgIpc) is 2.35. The van der Waals surface area contributed by atoms with Gasteiger partial charge < -0.3 is 9.84 Å². The molecule has 0 radical (unpaired) electrons. The first-order valence-electron chi connectivity index (χ1n) is 3.97. The van der Waals surface area contributed by atoms with Gasteiger partial charge in [0.15, 0.2) is 0 Å². The zero-order valence-corrected chi connectivity index (χ0v) is 6.75. The van der Waals surface area contributed by atoms with Crippen LogP contribution in [0.5, 0.6) is 0 Å². The largest absolute Gasteiger partial charge is 0.469 e. The summed E-state index contributed by atoms with van der Waals surface area (Å²) >= 11 is 0. The van der Waals surface area contributed by atoms with Crippen molar-refractivity contribution in [3.8, 4) is 0 Å². The number of rotatable bonds is 2. The quantitative estimate of drug-likeness (QED) is 0.602. The lowest BCUT2D eigenvalue weighted by molar-refractivity contribution is -0.141. The molecule has 64 valence electrons. The molecule has 1 unspecified atom stereocenters. The van der Waals surface area contributed by atoms with Gasteiger partial charge >= 0.3 is 5.97 Å². The lowest BCUT2D eigenvalue weighted by atomic mass is 10.0. The molecule has 1 fully saturated rings. The van der Waals surface area contributed by atoms with Crippen molar-refractivity contribution in [3.05, 3.63) is 0 Å². The number of methoxy groups -OCH3 is 1. The van der Waals surface area contributed by atoms with Crippen LogP contribution in [0.3, 0.4) is 0 Å². The molecule has 3 nitrogen and oxygen atoms in total. The van der Waals surface area contributed by atoms with Crippen LogP contribution in [0.4, 0.5) is 0 Å². The molecule has 1 aliphatic carbocycles. The first-order valence-corrected chi connectivity index (χ1v) is 3.97. The molecule has 2 atom stereocenters. The van der Waals surface area contributed by atoms with Crippen molar-refractivity contribution in [2.45, 2.75) is 31.8 Å². The molecule has 3 heteroatoms. The number of carbonyl (C=O) groups excluding carboxylic acids is 1. The molecule has 0 bridgehead atoms. The number of aliphatic hydroxyl groups excluding tert-OH is 1. The van der Waals surface area contributed by atoms with Gasteiger partial charge in [0.2, 0.25) is 0 Å². The molecular formula is C8H14O3. The molecule has 0 saturated heterocycles. The fraction of sp³-hybridized carbons (Fsp3) is 0.875. The minimum Gasteiger partial charge on any atom is -0.469 e. The Labute approximate surface area is 66.4 Å². The van der Waals surface area contributed by atoms with Crippen LogP contribution >= 0.6 is 0 Å².